The molecular weight excluding hydrogens is 427 g/mol. The smallest absolute Gasteiger partial charge is 0.223 e. The summed E-state index contributed by atoms with van der Waals surface area (Å²) in [7, 11) is 0. The third kappa shape index (κ3) is 6.17. The lowest BCUT2D eigenvalue weighted by atomic mass is 10.1. The number of hydrogen-bond donors (Lipinski definition) is 3. The molecule has 0 saturated heterocycles. The quantitative estimate of drug-likeness (QED) is 0.256. The predicted octanol–water partition coefficient (Wildman–Crippen LogP) is 2.37. The standard InChI is InChI=1S/C19H28N4O.HI/c1-2-20-19(22-11-10-21-18(24)16-8-9-16)23-13-14-6-7-15-4-3-5-17(15)12-14;/h6-7,12,16H,2-5,8-11,13H2,1H3,(H,21,24)(H2,20,22,23);1H. The maximum atomic E-state index is 11.6. The highest BCUT2D eigenvalue weighted by Crippen LogP contribution is 2.28. The van der Waals surface area contributed by atoms with E-state index in [1.54, 1.807) is 0 Å². The van der Waals surface area contributed by atoms with Gasteiger partial charge in [0.05, 0.1) is 6.54 Å². The van der Waals surface area contributed by atoms with Crippen LogP contribution in [0.3, 0.4) is 0 Å². The van der Waals surface area contributed by atoms with Gasteiger partial charge in [0.2, 0.25) is 5.91 Å². The molecule has 1 aromatic carbocycles. The topological polar surface area (TPSA) is 65.5 Å². The molecule has 0 spiro atoms. The first-order chi connectivity index (χ1) is 11.8. The maximum Gasteiger partial charge on any atom is 0.223 e. The molecule has 0 aliphatic heterocycles. The molecule has 25 heavy (non-hydrogen) atoms. The molecule has 0 radical (unpaired) electrons. The molecule has 6 heteroatoms. The van der Waals surface area contributed by atoms with E-state index >= 15 is 0 Å². The van der Waals surface area contributed by atoms with Crippen molar-refractivity contribution in [2.75, 3.05) is 19.6 Å². The van der Waals surface area contributed by atoms with Crippen LogP contribution in [0.15, 0.2) is 23.2 Å². The van der Waals surface area contributed by atoms with Gasteiger partial charge in [-0.1, -0.05) is 18.2 Å². The Kier molecular flexibility index (Phi) is 7.99. The Morgan fingerprint density at radius 2 is 1.88 bits per heavy atom. The number of amides is 1. The van der Waals surface area contributed by atoms with Crippen LogP contribution >= 0.6 is 24.0 Å². The van der Waals surface area contributed by atoms with E-state index in [0.29, 0.717) is 19.6 Å². The highest BCUT2D eigenvalue weighted by molar-refractivity contribution is 14.0. The predicted molar refractivity (Wildman–Crippen MR) is 112 cm³/mol. The molecule has 0 aromatic heterocycles. The average Bonchev–Trinajstić information content (AvgIpc) is 3.34. The van der Waals surface area contributed by atoms with Crippen LogP contribution in [0.25, 0.3) is 0 Å². The zero-order valence-electron chi connectivity index (χ0n) is 14.9. The van der Waals surface area contributed by atoms with Crippen LogP contribution in [0.1, 0.15) is 42.9 Å². The highest BCUT2D eigenvalue weighted by atomic mass is 127. The van der Waals surface area contributed by atoms with E-state index in [0.717, 1.165) is 25.3 Å². The molecule has 3 N–H and O–H groups in total. The summed E-state index contributed by atoms with van der Waals surface area (Å²) in [5.74, 6) is 1.27. The Bertz CT molecular complexity index is 613. The van der Waals surface area contributed by atoms with Gasteiger partial charge >= 0.3 is 0 Å². The molecule has 1 saturated carbocycles. The highest BCUT2D eigenvalue weighted by Gasteiger charge is 2.28. The number of fused-ring (bicyclic) bond motifs is 1. The number of rotatable bonds is 7. The van der Waals surface area contributed by atoms with E-state index in [-0.39, 0.29) is 35.8 Å². The number of nitrogens with one attached hydrogen (secondary N) is 3. The zero-order chi connectivity index (χ0) is 16.8. The monoisotopic (exact) mass is 456 g/mol. The molecule has 1 fully saturated rings. The Morgan fingerprint density at radius 3 is 2.64 bits per heavy atom. The summed E-state index contributed by atoms with van der Waals surface area (Å²) in [6, 6.07) is 6.74. The van der Waals surface area contributed by atoms with Gasteiger partial charge in [0, 0.05) is 25.6 Å². The number of guanidine groups is 1. The second kappa shape index (κ2) is 9.99. The summed E-state index contributed by atoms with van der Waals surface area (Å²) >= 11 is 0. The Morgan fingerprint density at radius 1 is 1.12 bits per heavy atom. The van der Waals surface area contributed by atoms with Crippen LogP contribution in [0.4, 0.5) is 0 Å². The molecule has 0 bridgehead atoms. The van der Waals surface area contributed by atoms with Crippen LogP contribution in [0, 0.1) is 5.92 Å². The fourth-order valence-corrected chi connectivity index (χ4v) is 3.09. The normalized spacial score (nSPS) is 16.0. The molecule has 0 atom stereocenters. The van der Waals surface area contributed by atoms with E-state index in [4.69, 9.17) is 0 Å². The molecule has 3 rings (SSSR count). The number of benzene rings is 1. The van der Waals surface area contributed by atoms with Crippen LogP contribution in [0.2, 0.25) is 0 Å². The van der Waals surface area contributed by atoms with Crippen molar-refractivity contribution in [1.29, 1.82) is 0 Å². The van der Waals surface area contributed by atoms with Crippen LogP contribution in [-0.2, 0) is 24.2 Å². The SMILES string of the molecule is CCNC(=NCc1ccc2c(c1)CCC2)NCCNC(=O)C1CC1.I. The van der Waals surface area contributed by atoms with Gasteiger partial charge in [-0.15, -0.1) is 24.0 Å². The van der Waals surface area contributed by atoms with Gasteiger partial charge in [0.1, 0.15) is 0 Å². The summed E-state index contributed by atoms with van der Waals surface area (Å²) < 4.78 is 0. The minimum Gasteiger partial charge on any atom is -0.357 e. The summed E-state index contributed by atoms with van der Waals surface area (Å²) in [6.07, 6.45) is 5.79. The zero-order valence-corrected chi connectivity index (χ0v) is 17.3. The Balaban J connectivity index is 0.00000225. The first-order valence-electron chi connectivity index (χ1n) is 9.17. The molecule has 0 unspecified atom stereocenters. The number of carbonyl (C=O) groups excluding carboxylic acids is 1. The van der Waals surface area contributed by atoms with Crippen molar-refractivity contribution in [3.63, 3.8) is 0 Å². The molecule has 2 aliphatic rings. The first kappa shape index (κ1) is 20.0. The maximum absolute atomic E-state index is 11.6. The summed E-state index contributed by atoms with van der Waals surface area (Å²) in [4.78, 5) is 16.2. The van der Waals surface area contributed by atoms with E-state index in [2.05, 4.69) is 46.1 Å². The van der Waals surface area contributed by atoms with Gasteiger partial charge in [0.15, 0.2) is 5.96 Å². The molecule has 2 aliphatic carbocycles. The van der Waals surface area contributed by atoms with E-state index in [1.807, 2.05) is 0 Å². The number of hydrogen-bond acceptors (Lipinski definition) is 2. The van der Waals surface area contributed by atoms with Gasteiger partial charge < -0.3 is 16.0 Å². The third-order valence-corrected chi connectivity index (χ3v) is 4.59. The fourth-order valence-electron chi connectivity index (χ4n) is 3.09. The molecule has 1 amide bonds. The first-order valence-corrected chi connectivity index (χ1v) is 9.17. The van der Waals surface area contributed by atoms with Crippen LogP contribution < -0.4 is 16.0 Å². The molecule has 0 heterocycles. The van der Waals surface area contributed by atoms with Crippen molar-refractivity contribution in [1.82, 2.24) is 16.0 Å². The fraction of sp³-hybridized carbons (Fsp3) is 0.579. The van der Waals surface area contributed by atoms with Crippen molar-refractivity contribution in [3.8, 4) is 0 Å². The molecule has 138 valence electrons. The second-order valence-electron chi connectivity index (χ2n) is 6.64. The largest absolute Gasteiger partial charge is 0.357 e. The number of halogens is 1. The van der Waals surface area contributed by atoms with Gasteiger partial charge in [-0.3, -0.25) is 4.79 Å². The van der Waals surface area contributed by atoms with Crippen molar-refractivity contribution in [2.45, 2.75) is 45.6 Å². The van der Waals surface area contributed by atoms with Crippen LogP contribution in [-0.4, -0.2) is 31.5 Å². The van der Waals surface area contributed by atoms with Gasteiger partial charge in [-0.2, -0.15) is 0 Å². The van der Waals surface area contributed by atoms with Crippen molar-refractivity contribution in [3.05, 3.63) is 34.9 Å². The van der Waals surface area contributed by atoms with Crippen molar-refractivity contribution >= 4 is 35.8 Å². The number of aryl methyl sites for hydroxylation is 2. The third-order valence-electron chi connectivity index (χ3n) is 4.59. The summed E-state index contributed by atoms with van der Waals surface area (Å²) in [5, 5.41) is 9.50. The second-order valence-corrected chi connectivity index (χ2v) is 6.64. The van der Waals surface area contributed by atoms with Crippen molar-refractivity contribution < 1.29 is 4.79 Å². The van der Waals surface area contributed by atoms with E-state index in [1.165, 1.54) is 36.0 Å². The number of aliphatic imine (C=N–C) groups is 1. The minimum absolute atomic E-state index is 0. The average molecular weight is 456 g/mol. The van der Waals surface area contributed by atoms with E-state index < -0.39 is 0 Å². The number of carbonyl (C=O) groups is 1. The lowest BCUT2D eigenvalue weighted by molar-refractivity contribution is -0.122. The van der Waals surface area contributed by atoms with Gasteiger partial charge in [-0.05, 0) is 55.7 Å². The Hall–Kier alpha value is -1.31. The van der Waals surface area contributed by atoms with Gasteiger partial charge in [0.25, 0.3) is 0 Å². The molecule has 1 aromatic rings. The lowest BCUT2D eigenvalue weighted by Crippen LogP contribution is -2.41. The summed E-state index contributed by atoms with van der Waals surface area (Å²) in [6.45, 7) is 4.88. The Labute approximate surface area is 167 Å². The molecular formula is C19H29IN4O. The summed E-state index contributed by atoms with van der Waals surface area (Å²) in [5.41, 5.74) is 4.25. The van der Waals surface area contributed by atoms with Gasteiger partial charge in [-0.25, -0.2) is 4.99 Å². The number of nitrogens with zero attached hydrogens (tertiary/aromatic N) is 1. The molecule has 5 nitrogen and oxygen atoms in total. The minimum atomic E-state index is 0. The van der Waals surface area contributed by atoms with E-state index in [9.17, 15) is 4.79 Å². The van der Waals surface area contributed by atoms with Crippen LogP contribution in [0.5, 0.6) is 0 Å². The lowest BCUT2D eigenvalue weighted by Gasteiger charge is -2.12. The van der Waals surface area contributed by atoms with Crippen molar-refractivity contribution in [2.24, 2.45) is 10.9 Å².